The topological polar surface area (TPSA) is 70.2 Å². The van der Waals surface area contributed by atoms with Crippen molar-refractivity contribution < 1.29 is 9.59 Å². The van der Waals surface area contributed by atoms with Crippen molar-refractivity contribution in [1.82, 2.24) is 0 Å². The van der Waals surface area contributed by atoms with E-state index in [1.807, 2.05) is 6.07 Å². The Morgan fingerprint density at radius 2 is 1.54 bits per heavy atom. The van der Waals surface area contributed by atoms with Gasteiger partial charge in [0, 0.05) is 34.0 Å². The van der Waals surface area contributed by atoms with Gasteiger partial charge in [0.25, 0.3) is 0 Å². The maximum Gasteiger partial charge on any atom is 0.246 e. The molecule has 7 heteroatoms. The Bertz CT molecular complexity index is 745. The second-order valence-corrected chi connectivity index (χ2v) is 6.15. The second-order valence-electron chi connectivity index (χ2n) is 5.28. The average Bonchev–Trinajstić information content (AvgIpc) is 2.45. The quantitative estimate of drug-likeness (QED) is 0.735. The van der Waals surface area contributed by atoms with Crippen LogP contribution in [-0.4, -0.2) is 17.9 Å². The summed E-state index contributed by atoms with van der Waals surface area (Å²) in [5.41, 5.74) is 1.90. The van der Waals surface area contributed by atoms with E-state index in [1.165, 1.54) is 6.92 Å². The largest absolute Gasteiger partial charge is 0.374 e. The number of carbonyl (C=O) groups excluding carboxylic acids is 2. The van der Waals surface area contributed by atoms with Gasteiger partial charge in [-0.1, -0.05) is 29.3 Å². The minimum absolute atomic E-state index is 0.157. The van der Waals surface area contributed by atoms with E-state index in [9.17, 15) is 9.59 Å². The van der Waals surface area contributed by atoms with Gasteiger partial charge in [-0.3, -0.25) is 9.59 Å². The highest BCUT2D eigenvalue weighted by Crippen LogP contribution is 2.23. The van der Waals surface area contributed by atoms with Gasteiger partial charge in [0.15, 0.2) is 0 Å². The predicted octanol–water partition coefficient (Wildman–Crippen LogP) is 4.39. The molecule has 2 rings (SSSR count). The molecule has 0 saturated heterocycles. The van der Waals surface area contributed by atoms with Crippen LogP contribution in [0.25, 0.3) is 0 Å². The van der Waals surface area contributed by atoms with Gasteiger partial charge >= 0.3 is 0 Å². The highest BCUT2D eigenvalue weighted by Gasteiger charge is 2.13. The minimum atomic E-state index is -0.504. The summed E-state index contributed by atoms with van der Waals surface area (Å²) < 4.78 is 0. The third-order valence-electron chi connectivity index (χ3n) is 3.09. The molecule has 5 nitrogen and oxygen atoms in total. The van der Waals surface area contributed by atoms with Gasteiger partial charge < -0.3 is 16.0 Å². The minimum Gasteiger partial charge on any atom is -0.374 e. The lowest BCUT2D eigenvalue weighted by Crippen LogP contribution is -2.31. The summed E-state index contributed by atoms with van der Waals surface area (Å²) in [7, 11) is 0. The third kappa shape index (κ3) is 5.44. The molecule has 0 aliphatic heterocycles. The molecule has 0 aliphatic carbocycles. The Morgan fingerprint density at radius 3 is 2.17 bits per heavy atom. The lowest BCUT2D eigenvalue weighted by molar-refractivity contribution is -0.116. The molecule has 2 aromatic rings. The molecule has 126 valence electrons. The Labute approximate surface area is 150 Å². The van der Waals surface area contributed by atoms with Crippen LogP contribution in [0, 0.1) is 0 Å². The van der Waals surface area contributed by atoms with Gasteiger partial charge in [-0.15, -0.1) is 0 Å². The third-order valence-corrected chi connectivity index (χ3v) is 3.53. The Hall–Kier alpha value is -2.24. The fourth-order valence-electron chi connectivity index (χ4n) is 2.08. The molecular weight excluding hydrogens is 349 g/mol. The fourth-order valence-corrected chi connectivity index (χ4v) is 2.61. The van der Waals surface area contributed by atoms with Crippen molar-refractivity contribution in [2.24, 2.45) is 0 Å². The van der Waals surface area contributed by atoms with E-state index in [-0.39, 0.29) is 11.8 Å². The number of amides is 2. The van der Waals surface area contributed by atoms with Crippen LogP contribution in [0.15, 0.2) is 42.5 Å². The second kappa shape index (κ2) is 8.04. The molecule has 2 aromatic carbocycles. The maximum atomic E-state index is 12.3. The number of hydrogen-bond acceptors (Lipinski definition) is 3. The molecule has 0 heterocycles. The van der Waals surface area contributed by atoms with E-state index in [2.05, 4.69) is 16.0 Å². The van der Waals surface area contributed by atoms with Crippen LogP contribution in [0.1, 0.15) is 13.8 Å². The highest BCUT2D eigenvalue weighted by molar-refractivity contribution is 6.35. The number of rotatable bonds is 5. The number of benzene rings is 2. The molecular formula is C17H17Cl2N3O2. The molecule has 0 radical (unpaired) electrons. The van der Waals surface area contributed by atoms with Gasteiger partial charge in [0.2, 0.25) is 11.8 Å². The van der Waals surface area contributed by atoms with Crippen LogP contribution >= 0.6 is 23.2 Å². The summed E-state index contributed by atoms with van der Waals surface area (Å²) >= 11 is 11.8. The molecule has 1 atom stereocenters. The zero-order chi connectivity index (χ0) is 17.7. The molecule has 0 aliphatic rings. The van der Waals surface area contributed by atoms with Crippen LogP contribution in [-0.2, 0) is 9.59 Å². The number of hydrogen-bond donors (Lipinski definition) is 3. The first-order valence-electron chi connectivity index (χ1n) is 7.24. The van der Waals surface area contributed by atoms with Gasteiger partial charge in [-0.2, -0.15) is 0 Å². The van der Waals surface area contributed by atoms with Crippen LogP contribution in [0.3, 0.4) is 0 Å². The SMILES string of the molecule is CC(=O)Nc1cccc(N[C@H](C)C(=O)Nc2cc(Cl)cc(Cl)c2)c1. The molecule has 0 bridgehead atoms. The predicted molar refractivity (Wildman–Crippen MR) is 98.9 cm³/mol. The lowest BCUT2D eigenvalue weighted by Gasteiger charge is -2.16. The molecule has 0 saturated carbocycles. The van der Waals surface area contributed by atoms with Gasteiger partial charge in [0.05, 0.1) is 0 Å². The van der Waals surface area contributed by atoms with Crippen molar-refractivity contribution >= 4 is 52.1 Å². The molecule has 3 N–H and O–H groups in total. The van der Waals surface area contributed by atoms with Crippen molar-refractivity contribution in [1.29, 1.82) is 0 Å². The van der Waals surface area contributed by atoms with E-state index in [0.717, 1.165) is 0 Å². The number of carbonyl (C=O) groups is 2. The van der Waals surface area contributed by atoms with Gasteiger partial charge in [-0.25, -0.2) is 0 Å². The van der Waals surface area contributed by atoms with Crippen LogP contribution < -0.4 is 16.0 Å². The Balaban J connectivity index is 2.02. The summed E-state index contributed by atoms with van der Waals surface area (Å²) in [4.78, 5) is 23.4. The molecule has 0 fully saturated rings. The van der Waals surface area contributed by atoms with Crippen molar-refractivity contribution in [2.75, 3.05) is 16.0 Å². The number of halogens is 2. The molecule has 0 unspecified atom stereocenters. The molecule has 2 amide bonds. The van der Waals surface area contributed by atoms with E-state index < -0.39 is 6.04 Å². The van der Waals surface area contributed by atoms with Crippen molar-refractivity contribution in [3.05, 3.63) is 52.5 Å². The van der Waals surface area contributed by atoms with Gasteiger partial charge in [0.1, 0.15) is 6.04 Å². The molecule has 0 spiro atoms. The van der Waals surface area contributed by atoms with E-state index >= 15 is 0 Å². The summed E-state index contributed by atoms with van der Waals surface area (Å²) in [5.74, 6) is -0.394. The zero-order valence-electron chi connectivity index (χ0n) is 13.2. The first-order chi connectivity index (χ1) is 11.3. The normalized spacial score (nSPS) is 11.5. The Morgan fingerprint density at radius 1 is 0.917 bits per heavy atom. The first kappa shape index (κ1) is 18.1. The summed E-state index contributed by atoms with van der Waals surface area (Å²) in [6.07, 6.45) is 0. The average molecular weight is 366 g/mol. The van der Waals surface area contributed by atoms with Crippen molar-refractivity contribution in [2.45, 2.75) is 19.9 Å². The fraction of sp³-hybridized carbons (Fsp3) is 0.176. The molecule has 24 heavy (non-hydrogen) atoms. The highest BCUT2D eigenvalue weighted by atomic mass is 35.5. The van der Waals surface area contributed by atoms with Crippen LogP contribution in [0.4, 0.5) is 17.1 Å². The van der Waals surface area contributed by atoms with Crippen molar-refractivity contribution in [3.8, 4) is 0 Å². The van der Waals surface area contributed by atoms with E-state index in [0.29, 0.717) is 27.1 Å². The van der Waals surface area contributed by atoms with Crippen LogP contribution in [0.5, 0.6) is 0 Å². The Kier molecular flexibility index (Phi) is 6.06. The summed E-state index contributed by atoms with van der Waals surface area (Å²) in [5, 5.41) is 9.41. The van der Waals surface area contributed by atoms with Crippen LogP contribution in [0.2, 0.25) is 10.0 Å². The maximum absolute atomic E-state index is 12.3. The van der Waals surface area contributed by atoms with Gasteiger partial charge in [-0.05, 0) is 43.3 Å². The van der Waals surface area contributed by atoms with E-state index in [4.69, 9.17) is 23.2 Å². The summed E-state index contributed by atoms with van der Waals surface area (Å²) in [6, 6.07) is 11.4. The first-order valence-corrected chi connectivity index (χ1v) is 8.00. The van der Waals surface area contributed by atoms with E-state index in [1.54, 1.807) is 43.3 Å². The molecule has 0 aromatic heterocycles. The summed E-state index contributed by atoms with van der Waals surface area (Å²) in [6.45, 7) is 3.17. The smallest absolute Gasteiger partial charge is 0.246 e. The number of nitrogens with one attached hydrogen (secondary N) is 3. The zero-order valence-corrected chi connectivity index (χ0v) is 14.7. The number of anilines is 3. The lowest BCUT2D eigenvalue weighted by atomic mass is 10.2. The monoisotopic (exact) mass is 365 g/mol. The standard InChI is InChI=1S/C17H17Cl2N3O2/c1-10(17(24)22-16-7-12(18)6-13(19)8-16)20-14-4-3-5-15(9-14)21-11(2)23/h3-10,20H,1-2H3,(H,21,23)(H,22,24)/t10-/m1/s1. The van der Waals surface area contributed by atoms with Crippen molar-refractivity contribution in [3.63, 3.8) is 0 Å².